The Morgan fingerprint density at radius 3 is 2.61 bits per heavy atom. The van der Waals surface area contributed by atoms with E-state index < -0.39 is 11.8 Å². The molecule has 0 aromatic heterocycles. The molecule has 2 rings (SSSR count). The summed E-state index contributed by atoms with van der Waals surface area (Å²) in [6.45, 7) is 0. The second-order valence-corrected chi connectivity index (χ2v) is 3.98. The first-order valence-electron chi connectivity index (χ1n) is 5.43. The van der Waals surface area contributed by atoms with Crippen molar-refractivity contribution in [3.8, 4) is 6.07 Å². The molecule has 0 aliphatic heterocycles. The molecule has 0 fully saturated rings. The Kier molecular flexibility index (Phi) is 3.17. The maximum Gasteiger partial charge on any atom is 0.206 e. The molecule has 0 heterocycles. The fourth-order valence-corrected chi connectivity index (χ4v) is 1.90. The standard InChI is InChI=1S/C14H12FNO2/c1-18-11-7-8-14(17,9-16)13(15)12(11)10-5-3-2-4-6-10/h2-8,13,17H,1H3. The van der Waals surface area contributed by atoms with E-state index >= 15 is 0 Å². The molecule has 1 aliphatic carbocycles. The van der Waals surface area contributed by atoms with Crippen molar-refractivity contribution in [1.82, 2.24) is 0 Å². The number of halogens is 1. The highest BCUT2D eigenvalue weighted by Gasteiger charge is 2.42. The maximum absolute atomic E-state index is 14.4. The third-order valence-corrected chi connectivity index (χ3v) is 2.88. The fourth-order valence-electron chi connectivity index (χ4n) is 1.90. The van der Waals surface area contributed by atoms with Crippen LogP contribution in [0.5, 0.6) is 0 Å². The minimum absolute atomic E-state index is 0.185. The average Bonchev–Trinajstić information content (AvgIpc) is 2.42. The number of hydrogen-bond donors (Lipinski definition) is 1. The molecule has 2 atom stereocenters. The maximum atomic E-state index is 14.4. The number of ether oxygens (including phenoxy) is 1. The van der Waals surface area contributed by atoms with Crippen LogP contribution >= 0.6 is 0 Å². The first-order valence-corrected chi connectivity index (χ1v) is 5.43. The Morgan fingerprint density at radius 1 is 1.39 bits per heavy atom. The van der Waals surface area contributed by atoms with Gasteiger partial charge in [-0.1, -0.05) is 30.3 Å². The lowest BCUT2D eigenvalue weighted by atomic mass is 9.84. The second kappa shape index (κ2) is 4.63. The lowest BCUT2D eigenvalue weighted by Gasteiger charge is -2.28. The smallest absolute Gasteiger partial charge is 0.206 e. The summed E-state index contributed by atoms with van der Waals surface area (Å²) >= 11 is 0. The number of rotatable bonds is 2. The highest BCUT2D eigenvalue weighted by atomic mass is 19.1. The van der Waals surface area contributed by atoms with Crippen LogP contribution in [-0.2, 0) is 4.74 Å². The number of hydrogen-bond acceptors (Lipinski definition) is 3. The van der Waals surface area contributed by atoms with Crippen LogP contribution in [0.4, 0.5) is 4.39 Å². The topological polar surface area (TPSA) is 53.2 Å². The molecule has 3 nitrogen and oxygen atoms in total. The average molecular weight is 245 g/mol. The van der Waals surface area contributed by atoms with Crippen molar-refractivity contribution >= 4 is 5.57 Å². The minimum Gasteiger partial charge on any atom is -0.496 e. The number of benzene rings is 1. The van der Waals surface area contributed by atoms with Gasteiger partial charge in [-0.15, -0.1) is 0 Å². The predicted octanol–water partition coefficient (Wildman–Crippen LogP) is 2.21. The summed E-state index contributed by atoms with van der Waals surface area (Å²) in [5.74, 6) is 0.314. The van der Waals surface area contributed by atoms with E-state index in [-0.39, 0.29) is 5.57 Å². The molecule has 1 aromatic rings. The molecule has 0 amide bonds. The second-order valence-electron chi connectivity index (χ2n) is 3.98. The summed E-state index contributed by atoms with van der Waals surface area (Å²) in [6, 6.07) is 10.3. The van der Waals surface area contributed by atoms with E-state index in [1.807, 2.05) is 0 Å². The zero-order chi connectivity index (χ0) is 13.2. The number of methoxy groups -OCH3 is 1. The summed E-state index contributed by atoms with van der Waals surface area (Å²) in [6.07, 6.45) is 0.690. The number of aliphatic hydroxyl groups is 1. The third-order valence-electron chi connectivity index (χ3n) is 2.88. The number of alkyl halides is 1. The zero-order valence-corrected chi connectivity index (χ0v) is 9.80. The van der Waals surface area contributed by atoms with Gasteiger partial charge in [0.05, 0.1) is 7.11 Å². The summed E-state index contributed by atoms with van der Waals surface area (Å²) in [7, 11) is 1.42. The van der Waals surface area contributed by atoms with Gasteiger partial charge in [-0.2, -0.15) is 5.26 Å². The van der Waals surface area contributed by atoms with Gasteiger partial charge in [0.2, 0.25) is 5.60 Å². The van der Waals surface area contributed by atoms with Crippen molar-refractivity contribution < 1.29 is 14.2 Å². The molecule has 2 unspecified atom stereocenters. The van der Waals surface area contributed by atoms with E-state index in [9.17, 15) is 9.50 Å². The van der Waals surface area contributed by atoms with Gasteiger partial charge in [0.1, 0.15) is 11.8 Å². The minimum atomic E-state index is -2.15. The molecular formula is C14H12FNO2. The molecule has 18 heavy (non-hydrogen) atoms. The largest absolute Gasteiger partial charge is 0.496 e. The monoisotopic (exact) mass is 245 g/mol. The van der Waals surface area contributed by atoms with Crippen LogP contribution in [0.1, 0.15) is 5.56 Å². The van der Waals surface area contributed by atoms with Crippen LogP contribution in [-0.4, -0.2) is 24.0 Å². The molecule has 92 valence electrons. The van der Waals surface area contributed by atoms with Gasteiger partial charge in [-0.05, 0) is 17.7 Å². The summed E-state index contributed by atoms with van der Waals surface area (Å²) in [4.78, 5) is 0. The van der Waals surface area contributed by atoms with E-state index in [0.29, 0.717) is 11.3 Å². The Bertz CT molecular complexity index is 545. The molecule has 4 heteroatoms. The quantitative estimate of drug-likeness (QED) is 0.813. The van der Waals surface area contributed by atoms with E-state index in [2.05, 4.69) is 0 Å². The van der Waals surface area contributed by atoms with E-state index in [4.69, 9.17) is 10.00 Å². The van der Waals surface area contributed by atoms with E-state index in [1.165, 1.54) is 13.2 Å². The molecule has 1 N–H and O–H groups in total. The van der Waals surface area contributed by atoms with Gasteiger partial charge in [-0.3, -0.25) is 0 Å². The lowest BCUT2D eigenvalue weighted by Crippen LogP contribution is -2.39. The summed E-state index contributed by atoms with van der Waals surface area (Å²) in [5.41, 5.74) is -1.38. The molecule has 0 saturated carbocycles. The van der Waals surface area contributed by atoms with Crippen molar-refractivity contribution in [2.75, 3.05) is 7.11 Å². The first kappa shape index (κ1) is 12.3. The van der Waals surface area contributed by atoms with Crippen molar-refractivity contribution in [1.29, 1.82) is 5.26 Å². The van der Waals surface area contributed by atoms with Gasteiger partial charge in [0, 0.05) is 5.57 Å². The van der Waals surface area contributed by atoms with Crippen molar-refractivity contribution in [2.24, 2.45) is 0 Å². The Morgan fingerprint density at radius 2 is 2.06 bits per heavy atom. The van der Waals surface area contributed by atoms with Gasteiger partial charge >= 0.3 is 0 Å². The Labute approximate surface area is 104 Å². The van der Waals surface area contributed by atoms with Crippen LogP contribution < -0.4 is 0 Å². The highest BCUT2D eigenvalue weighted by Crippen LogP contribution is 2.36. The van der Waals surface area contributed by atoms with Crippen LogP contribution in [0.15, 0.2) is 48.2 Å². The fraction of sp³-hybridized carbons (Fsp3) is 0.214. The van der Waals surface area contributed by atoms with Crippen molar-refractivity contribution in [2.45, 2.75) is 11.8 Å². The van der Waals surface area contributed by atoms with Gasteiger partial charge in [0.25, 0.3) is 0 Å². The first-order chi connectivity index (χ1) is 8.62. The molecule has 1 aromatic carbocycles. The van der Waals surface area contributed by atoms with Crippen LogP contribution in [0.25, 0.3) is 5.57 Å². The molecule has 0 bridgehead atoms. The Balaban J connectivity index is 2.57. The molecular weight excluding hydrogens is 233 g/mol. The number of allylic oxidation sites excluding steroid dienone is 1. The van der Waals surface area contributed by atoms with Crippen molar-refractivity contribution in [3.05, 3.63) is 53.8 Å². The molecule has 0 radical (unpaired) electrons. The van der Waals surface area contributed by atoms with Gasteiger partial charge < -0.3 is 9.84 Å². The molecule has 0 spiro atoms. The summed E-state index contributed by atoms with van der Waals surface area (Å²) < 4.78 is 19.5. The summed E-state index contributed by atoms with van der Waals surface area (Å²) in [5, 5.41) is 18.8. The van der Waals surface area contributed by atoms with Gasteiger partial charge in [-0.25, -0.2) is 4.39 Å². The number of nitrogens with zero attached hydrogens (tertiary/aromatic N) is 1. The van der Waals surface area contributed by atoms with E-state index in [0.717, 1.165) is 6.08 Å². The third kappa shape index (κ3) is 1.89. The van der Waals surface area contributed by atoms with Crippen LogP contribution in [0, 0.1) is 11.3 Å². The predicted molar refractivity (Wildman–Crippen MR) is 65.0 cm³/mol. The van der Waals surface area contributed by atoms with E-state index in [1.54, 1.807) is 36.4 Å². The molecule has 1 aliphatic rings. The van der Waals surface area contributed by atoms with Crippen molar-refractivity contribution in [3.63, 3.8) is 0 Å². The van der Waals surface area contributed by atoms with Gasteiger partial charge in [0.15, 0.2) is 6.17 Å². The SMILES string of the molecule is COC1=C(c2ccccc2)C(F)C(O)(C#N)C=C1. The zero-order valence-electron chi connectivity index (χ0n) is 9.80. The lowest BCUT2D eigenvalue weighted by molar-refractivity contribution is 0.0796. The van der Waals surface area contributed by atoms with Crippen LogP contribution in [0.2, 0.25) is 0 Å². The normalized spacial score (nSPS) is 26.9. The number of nitriles is 1. The molecule has 0 saturated heterocycles. The Hall–Kier alpha value is -2.12. The highest BCUT2D eigenvalue weighted by molar-refractivity contribution is 5.76. The van der Waals surface area contributed by atoms with Crippen LogP contribution in [0.3, 0.4) is 0 Å².